The van der Waals surface area contributed by atoms with Crippen molar-refractivity contribution >= 4 is 0 Å². The number of aryl methyl sites for hydroxylation is 3. The molecule has 0 spiro atoms. The van der Waals surface area contributed by atoms with Crippen LogP contribution >= 0.6 is 0 Å². The summed E-state index contributed by atoms with van der Waals surface area (Å²) in [5.74, 6) is 0.621. The molecule has 2 aromatic carbocycles. The van der Waals surface area contributed by atoms with Gasteiger partial charge < -0.3 is 0 Å². The van der Waals surface area contributed by atoms with Gasteiger partial charge in [0.05, 0.1) is 0 Å². The molecule has 0 unspecified atom stereocenters. The average molecular weight is 252 g/mol. The Kier molecular flexibility index (Phi) is 4.79. The summed E-state index contributed by atoms with van der Waals surface area (Å²) < 4.78 is 0. The van der Waals surface area contributed by atoms with Crippen LogP contribution in [-0.4, -0.2) is 0 Å². The summed E-state index contributed by atoms with van der Waals surface area (Å²) in [4.78, 5) is 0. The average Bonchev–Trinajstić information content (AvgIpc) is 2.41. The van der Waals surface area contributed by atoms with Crippen LogP contribution < -0.4 is 0 Å². The highest BCUT2D eigenvalue weighted by Gasteiger charge is 2.05. The molecule has 0 heteroatoms. The fraction of sp³-hybridized carbons (Fsp3) is 0.368. The highest BCUT2D eigenvalue weighted by Crippen LogP contribution is 2.21. The maximum absolute atomic E-state index is 2.28. The zero-order valence-electron chi connectivity index (χ0n) is 12.3. The Morgan fingerprint density at radius 2 is 1.53 bits per heavy atom. The number of hydrogen-bond donors (Lipinski definition) is 0. The Morgan fingerprint density at radius 1 is 0.842 bits per heavy atom. The number of benzene rings is 2. The number of rotatable bonds is 5. The minimum atomic E-state index is 0.621. The van der Waals surface area contributed by atoms with E-state index in [0.717, 1.165) is 0 Å². The largest absolute Gasteiger partial charge is 0.0620 e. The molecular weight excluding hydrogens is 228 g/mol. The summed E-state index contributed by atoms with van der Waals surface area (Å²) in [5, 5.41) is 0. The molecule has 0 aliphatic rings. The number of hydrogen-bond acceptors (Lipinski definition) is 0. The van der Waals surface area contributed by atoms with Crippen LogP contribution in [0.1, 0.15) is 48.4 Å². The molecule has 0 amide bonds. The van der Waals surface area contributed by atoms with Gasteiger partial charge in [0.15, 0.2) is 0 Å². The lowest BCUT2D eigenvalue weighted by molar-refractivity contribution is 0.783. The SMILES string of the molecule is Cc1ccc(CCCc2ccccc2C(C)C)cc1. The standard InChI is InChI=1S/C19H24/c1-15(2)19-10-5-4-8-18(19)9-6-7-17-13-11-16(3)12-14-17/h4-5,8,10-15H,6-7,9H2,1-3H3. The second-order valence-electron chi connectivity index (χ2n) is 5.69. The van der Waals surface area contributed by atoms with Crippen molar-refractivity contribution in [3.8, 4) is 0 Å². The molecular formula is C19H24. The van der Waals surface area contributed by atoms with E-state index < -0.39 is 0 Å². The molecule has 0 nitrogen and oxygen atoms in total. The zero-order valence-corrected chi connectivity index (χ0v) is 12.3. The van der Waals surface area contributed by atoms with Crippen molar-refractivity contribution in [1.29, 1.82) is 0 Å². The van der Waals surface area contributed by atoms with Gasteiger partial charge in [0.1, 0.15) is 0 Å². The Labute approximate surface area is 117 Å². The van der Waals surface area contributed by atoms with E-state index in [9.17, 15) is 0 Å². The molecule has 0 aliphatic carbocycles. The van der Waals surface area contributed by atoms with Gasteiger partial charge in [-0.15, -0.1) is 0 Å². The quantitative estimate of drug-likeness (QED) is 0.678. The molecule has 0 saturated carbocycles. The first-order valence-corrected chi connectivity index (χ1v) is 7.30. The van der Waals surface area contributed by atoms with E-state index in [1.54, 1.807) is 0 Å². The van der Waals surface area contributed by atoms with E-state index in [1.807, 2.05) is 0 Å². The lowest BCUT2D eigenvalue weighted by Crippen LogP contribution is -1.97. The van der Waals surface area contributed by atoms with Gasteiger partial charge in [-0.25, -0.2) is 0 Å². The van der Waals surface area contributed by atoms with Crippen LogP contribution in [-0.2, 0) is 12.8 Å². The molecule has 0 radical (unpaired) electrons. The molecule has 0 saturated heterocycles. The van der Waals surface area contributed by atoms with E-state index in [1.165, 1.54) is 41.5 Å². The predicted octanol–water partition coefficient (Wildman–Crippen LogP) is 5.29. The third-order valence-electron chi connectivity index (χ3n) is 3.71. The Hall–Kier alpha value is -1.56. The summed E-state index contributed by atoms with van der Waals surface area (Å²) in [6, 6.07) is 17.8. The normalized spacial score (nSPS) is 10.9. The molecule has 2 aromatic rings. The third-order valence-corrected chi connectivity index (χ3v) is 3.71. The third kappa shape index (κ3) is 3.96. The molecule has 2 rings (SSSR count). The van der Waals surface area contributed by atoms with E-state index in [2.05, 4.69) is 69.3 Å². The van der Waals surface area contributed by atoms with Crippen LogP contribution in [0.15, 0.2) is 48.5 Å². The second-order valence-corrected chi connectivity index (χ2v) is 5.69. The van der Waals surface area contributed by atoms with E-state index in [4.69, 9.17) is 0 Å². The van der Waals surface area contributed by atoms with Crippen molar-refractivity contribution in [3.63, 3.8) is 0 Å². The van der Waals surface area contributed by atoms with Crippen LogP contribution in [0.2, 0.25) is 0 Å². The van der Waals surface area contributed by atoms with Gasteiger partial charge in [-0.3, -0.25) is 0 Å². The van der Waals surface area contributed by atoms with Gasteiger partial charge in [0.2, 0.25) is 0 Å². The van der Waals surface area contributed by atoms with Crippen molar-refractivity contribution in [2.75, 3.05) is 0 Å². The Bertz CT molecular complexity index is 506. The molecule has 0 heterocycles. The van der Waals surface area contributed by atoms with Crippen molar-refractivity contribution < 1.29 is 0 Å². The highest BCUT2D eigenvalue weighted by atomic mass is 14.1. The summed E-state index contributed by atoms with van der Waals surface area (Å²) in [7, 11) is 0. The van der Waals surface area contributed by atoms with Crippen LogP contribution in [0.5, 0.6) is 0 Å². The Balaban J connectivity index is 1.94. The molecule has 100 valence electrons. The van der Waals surface area contributed by atoms with Crippen molar-refractivity contribution in [2.24, 2.45) is 0 Å². The first kappa shape index (κ1) is 13.9. The maximum Gasteiger partial charge on any atom is -0.0216 e. The van der Waals surface area contributed by atoms with Crippen molar-refractivity contribution in [1.82, 2.24) is 0 Å². The molecule has 0 bridgehead atoms. The highest BCUT2D eigenvalue weighted by molar-refractivity contribution is 5.30. The first-order valence-electron chi connectivity index (χ1n) is 7.30. The van der Waals surface area contributed by atoms with E-state index in [0.29, 0.717) is 5.92 Å². The minimum Gasteiger partial charge on any atom is -0.0620 e. The topological polar surface area (TPSA) is 0 Å². The lowest BCUT2D eigenvalue weighted by Gasteiger charge is -2.12. The van der Waals surface area contributed by atoms with Gasteiger partial charge >= 0.3 is 0 Å². The van der Waals surface area contributed by atoms with E-state index in [-0.39, 0.29) is 0 Å². The van der Waals surface area contributed by atoms with Crippen molar-refractivity contribution in [3.05, 3.63) is 70.8 Å². The molecule has 19 heavy (non-hydrogen) atoms. The molecule has 0 atom stereocenters. The fourth-order valence-electron chi connectivity index (χ4n) is 2.56. The predicted molar refractivity (Wildman–Crippen MR) is 83.7 cm³/mol. The minimum absolute atomic E-state index is 0.621. The smallest absolute Gasteiger partial charge is 0.0216 e. The van der Waals surface area contributed by atoms with Gasteiger partial charge in [-0.2, -0.15) is 0 Å². The van der Waals surface area contributed by atoms with Crippen LogP contribution in [0.25, 0.3) is 0 Å². The summed E-state index contributed by atoms with van der Waals surface area (Å²) in [6.07, 6.45) is 3.59. The van der Waals surface area contributed by atoms with E-state index >= 15 is 0 Å². The summed E-state index contributed by atoms with van der Waals surface area (Å²) in [6.45, 7) is 6.69. The molecule has 0 fully saturated rings. The van der Waals surface area contributed by atoms with Gasteiger partial charge in [-0.05, 0) is 48.8 Å². The first-order chi connectivity index (χ1) is 9.16. The van der Waals surface area contributed by atoms with Gasteiger partial charge in [0, 0.05) is 0 Å². The Morgan fingerprint density at radius 3 is 2.21 bits per heavy atom. The molecule has 0 aromatic heterocycles. The fourth-order valence-corrected chi connectivity index (χ4v) is 2.56. The van der Waals surface area contributed by atoms with Crippen LogP contribution in [0.4, 0.5) is 0 Å². The van der Waals surface area contributed by atoms with Crippen LogP contribution in [0.3, 0.4) is 0 Å². The monoisotopic (exact) mass is 252 g/mol. The molecule has 0 N–H and O–H groups in total. The van der Waals surface area contributed by atoms with Crippen molar-refractivity contribution in [2.45, 2.75) is 46.0 Å². The van der Waals surface area contributed by atoms with Gasteiger partial charge in [-0.1, -0.05) is 67.9 Å². The van der Waals surface area contributed by atoms with Crippen LogP contribution in [0, 0.1) is 6.92 Å². The lowest BCUT2D eigenvalue weighted by atomic mass is 9.93. The summed E-state index contributed by atoms with van der Waals surface area (Å²) >= 11 is 0. The van der Waals surface area contributed by atoms with Gasteiger partial charge in [0.25, 0.3) is 0 Å². The second kappa shape index (κ2) is 6.56. The maximum atomic E-state index is 2.28. The summed E-state index contributed by atoms with van der Waals surface area (Å²) in [5.41, 5.74) is 5.82. The molecule has 0 aliphatic heterocycles. The zero-order chi connectivity index (χ0) is 13.7.